The summed E-state index contributed by atoms with van der Waals surface area (Å²) in [6.45, 7) is 2.35. The zero-order chi connectivity index (χ0) is 20.9. The summed E-state index contributed by atoms with van der Waals surface area (Å²) in [6.07, 6.45) is 2.68. The number of hydrogen-bond donors (Lipinski definition) is 0. The van der Waals surface area contributed by atoms with E-state index in [1.807, 2.05) is 18.2 Å². The molecule has 0 atom stereocenters. The van der Waals surface area contributed by atoms with Crippen molar-refractivity contribution in [2.24, 2.45) is 0 Å². The van der Waals surface area contributed by atoms with Gasteiger partial charge < -0.3 is 14.4 Å². The normalized spacial score (nSPS) is 11.2. The number of carbonyl (C=O) groups is 1. The number of methoxy groups -OCH3 is 2. The minimum absolute atomic E-state index is 0.153. The molecule has 0 fully saturated rings. The molecule has 0 aliphatic carbocycles. The Morgan fingerprint density at radius 1 is 1.04 bits per heavy atom. The molecule has 2 rings (SSSR count). The van der Waals surface area contributed by atoms with Gasteiger partial charge in [-0.3, -0.25) is 4.79 Å². The average molecular weight is 406 g/mol. The number of carbonyl (C=O) groups excluding carboxylic acids is 1. The fraction of sp³-hybridized carbons (Fsp3) is 0.381. The minimum Gasteiger partial charge on any atom is -0.493 e. The summed E-state index contributed by atoms with van der Waals surface area (Å²) in [5.74, 6) is 1.17. The van der Waals surface area contributed by atoms with Crippen LogP contribution in [0.25, 0.3) is 0 Å². The van der Waals surface area contributed by atoms with Gasteiger partial charge in [-0.05, 0) is 55.2 Å². The van der Waals surface area contributed by atoms with Crippen LogP contribution < -0.4 is 9.47 Å². The summed E-state index contributed by atoms with van der Waals surface area (Å²) in [6, 6.07) is 10.4. The van der Waals surface area contributed by atoms with Crippen LogP contribution >= 0.6 is 0 Å². The van der Waals surface area contributed by atoms with Crippen molar-refractivity contribution in [2.45, 2.75) is 24.7 Å². The average Bonchev–Trinajstić information content (AvgIpc) is 2.66. The van der Waals surface area contributed by atoms with Gasteiger partial charge in [0.1, 0.15) is 0 Å². The second-order valence-electron chi connectivity index (χ2n) is 6.77. The molecule has 0 radical (unpaired) electrons. The van der Waals surface area contributed by atoms with Gasteiger partial charge in [0.25, 0.3) is 5.91 Å². The van der Waals surface area contributed by atoms with Crippen molar-refractivity contribution >= 4 is 15.7 Å². The quantitative estimate of drug-likeness (QED) is 0.675. The van der Waals surface area contributed by atoms with Crippen LogP contribution in [0.3, 0.4) is 0 Å². The van der Waals surface area contributed by atoms with E-state index in [1.54, 1.807) is 39.2 Å². The summed E-state index contributed by atoms with van der Waals surface area (Å²) in [5, 5.41) is 0. The predicted octanol–water partition coefficient (Wildman–Crippen LogP) is 3.12. The third kappa shape index (κ3) is 5.25. The molecule has 2 aromatic carbocycles. The fourth-order valence-corrected chi connectivity index (χ4v) is 3.57. The van der Waals surface area contributed by atoms with E-state index in [-0.39, 0.29) is 10.8 Å². The van der Waals surface area contributed by atoms with Gasteiger partial charge in [-0.2, -0.15) is 0 Å². The highest BCUT2D eigenvalue weighted by Gasteiger charge is 2.17. The van der Waals surface area contributed by atoms with Gasteiger partial charge in [0, 0.05) is 25.4 Å². The molecule has 152 valence electrons. The Bertz CT molecular complexity index is 953. The van der Waals surface area contributed by atoms with E-state index >= 15 is 0 Å². The molecular formula is C21H27NO5S. The first-order valence-corrected chi connectivity index (χ1v) is 10.8. The van der Waals surface area contributed by atoms with Gasteiger partial charge in [-0.25, -0.2) is 8.42 Å². The SMILES string of the molecule is COc1ccc(CCCN(C)C(=O)c2cc(S(C)(=O)=O)ccc2C)cc1OC. The highest BCUT2D eigenvalue weighted by atomic mass is 32.2. The number of hydrogen-bond acceptors (Lipinski definition) is 5. The van der Waals surface area contributed by atoms with Gasteiger partial charge in [-0.1, -0.05) is 12.1 Å². The lowest BCUT2D eigenvalue weighted by atomic mass is 10.1. The summed E-state index contributed by atoms with van der Waals surface area (Å²) in [4.78, 5) is 14.5. The lowest BCUT2D eigenvalue weighted by molar-refractivity contribution is 0.0792. The predicted molar refractivity (Wildman–Crippen MR) is 109 cm³/mol. The van der Waals surface area contributed by atoms with Crippen LogP contribution in [-0.4, -0.2) is 53.3 Å². The molecule has 0 saturated carbocycles. The Labute approximate surface area is 167 Å². The molecule has 0 unspecified atom stereocenters. The molecule has 6 nitrogen and oxygen atoms in total. The van der Waals surface area contributed by atoms with Crippen LogP contribution in [-0.2, 0) is 16.3 Å². The molecule has 0 bridgehead atoms. The van der Waals surface area contributed by atoms with Gasteiger partial charge in [0.2, 0.25) is 0 Å². The second kappa shape index (κ2) is 9.10. The molecule has 0 N–H and O–H groups in total. The maximum Gasteiger partial charge on any atom is 0.253 e. The number of sulfone groups is 1. The Morgan fingerprint density at radius 3 is 2.32 bits per heavy atom. The molecule has 28 heavy (non-hydrogen) atoms. The van der Waals surface area contributed by atoms with Gasteiger partial charge in [-0.15, -0.1) is 0 Å². The number of amides is 1. The largest absolute Gasteiger partial charge is 0.493 e. The molecule has 0 aromatic heterocycles. The Morgan fingerprint density at radius 2 is 1.71 bits per heavy atom. The maximum atomic E-state index is 12.8. The number of nitrogens with zero attached hydrogens (tertiary/aromatic N) is 1. The van der Waals surface area contributed by atoms with E-state index in [2.05, 4.69) is 0 Å². The number of ether oxygens (including phenoxy) is 2. The standard InChI is InChI=1S/C21H27NO5S/c1-15-8-10-17(28(5,24)25)14-18(15)21(23)22(2)12-6-7-16-9-11-19(26-3)20(13-16)27-4/h8-11,13-14H,6-7,12H2,1-5H3. The van der Waals surface area contributed by atoms with Crippen LogP contribution in [0.2, 0.25) is 0 Å². The van der Waals surface area contributed by atoms with Crippen molar-refractivity contribution in [1.82, 2.24) is 4.90 Å². The first kappa shape index (κ1) is 21.8. The summed E-state index contributed by atoms with van der Waals surface area (Å²) in [5.41, 5.74) is 2.26. The van der Waals surface area contributed by atoms with Crippen LogP contribution in [0.5, 0.6) is 11.5 Å². The summed E-state index contributed by atoms with van der Waals surface area (Å²) < 4.78 is 34.1. The van der Waals surface area contributed by atoms with Crippen molar-refractivity contribution in [3.8, 4) is 11.5 Å². The van der Waals surface area contributed by atoms with E-state index in [9.17, 15) is 13.2 Å². The molecule has 1 amide bonds. The zero-order valence-electron chi connectivity index (χ0n) is 17.0. The highest BCUT2D eigenvalue weighted by molar-refractivity contribution is 7.90. The third-order valence-electron chi connectivity index (χ3n) is 4.62. The Kier molecular flexibility index (Phi) is 7.07. The van der Waals surface area contributed by atoms with Gasteiger partial charge in [0.05, 0.1) is 19.1 Å². The first-order valence-electron chi connectivity index (χ1n) is 8.94. The topological polar surface area (TPSA) is 72.9 Å². The molecule has 0 aliphatic heterocycles. The third-order valence-corrected chi connectivity index (χ3v) is 5.73. The van der Waals surface area contributed by atoms with Crippen molar-refractivity contribution in [1.29, 1.82) is 0 Å². The van der Waals surface area contributed by atoms with Gasteiger partial charge >= 0.3 is 0 Å². The van der Waals surface area contributed by atoms with E-state index in [1.165, 1.54) is 12.1 Å². The smallest absolute Gasteiger partial charge is 0.253 e. The molecule has 2 aromatic rings. The number of benzene rings is 2. The van der Waals surface area contributed by atoms with E-state index < -0.39 is 9.84 Å². The maximum absolute atomic E-state index is 12.8. The molecule has 0 saturated heterocycles. The van der Waals surface area contributed by atoms with E-state index in [0.29, 0.717) is 23.6 Å². The Hall–Kier alpha value is -2.54. The lowest BCUT2D eigenvalue weighted by Gasteiger charge is -2.19. The molecule has 0 heterocycles. The number of rotatable bonds is 8. The van der Waals surface area contributed by atoms with Crippen molar-refractivity contribution in [3.63, 3.8) is 0 Å². The molecule has 0 aliphatic rings. The van der Waals surface area contributed by atoms with Crippen molar-refractivity contribution in [3.05, 3.63) is 53.1 Å². The zero-order valence-corrected chi connectivity index (χ0v) is 17.8. The Balaban J connectivity index is 2.04. The summed E-state index contributed by atoms with van der Waals surface area (Å²) in [7, 11) is 1.56. The lowest BCUT2D eigenvalue weighted by Crippen LogP contribution is -2.28. The molecular weight excluding hydrogens is 378 g/mol. The minimum atomic E-state index is -3.36. The second-order valence-corrected chi connectivity index (χ2v) is 8.78. The molecule has 0 spiro atoms. The van der Waals surface area contributed by atoms with Crippen LogP contribution in [0.4, 0.5) is 0 Å². The monoisotopic (exact) mass is 405 g/mol. The van der Waals surface area contributed by atoms with Crippen molar-refractivity contribution in [2.75, 3.05) is 34.1 Å². The van der Waals surface area contributed by atoms with Crippen LogP contribution in [0.15, 0.2) is 41.3 Å². The van der Waals surface area contributed by atoms with E-state index in [0.717, 1.165) is 30.2 Å². The van der Waals surface area contributed by atoms with Gasteiger partial charge in [0.15, 0.2) is 21.3 Å². The van der Waals surface area contributed by atoms with Crippen LogP contribution in [0, 0.1) is 6.92 Å². The van der Waals surface area contributed by atoms with Crippen molar-refractivity contribution < 1.29 is 22.7 Å². The first-order chi connectivity index (χ1) is 13.2. The highest BCUT2D eigenvalue weighted by Crippen LogP contribution is 2.28. The molecule has 7 heteroatoms. The fourth-order valence-electron chi connectivity index (χ4n) is 2.93. The van der Waals surface area contributed by atoms with E-state index in [4.69, 9.17) is 9.47 Å². The number of aryl methyl sites for hydroxylation is 2. The van der Waals surface area contributed by atoms with Crippen LogP contribution in [0.1, 0.15) is 27.9 Å². The summed E-state index contributed by atoms with van der Waals surface area (Å²) >= 11 is 0.